The molecule has 0 aliphatic carbocycles. The lowest BCUT2D eigenvalue weighted by Crippen LogP contribution is -2.06. The number of rotatable bonds is 3. The van der Waals surface area contributed by atoms with Crippen LogP contribution in [0.25, 0.3) is 0 Å². The first kappa shape index (κ1) is 12.1. The van der Waals surface area contributed by atoms with Gasteiger partial charge in [0.05, 0.1) is 26.5 Å². The molecule has 2 N–H and O–H groups in total. The van der Waals surface area contributed by atoms with E-state index in [2.05, 4.69) is 10.1 Å². The SMILES string of the molecule is Cn1ncnc1CS(=O)c1c(N)cccc1Cl. The first-order valence-electron chi connectivity index (χ1n) is 4.85. The molecule has 0 saturated carbocycles. The zero-order valence-corrected chi connectivity index (χ0v) is 10.7. The molecule has 0 bridgehead atoms. The van der Waals surface area contributed by atoms with Crippen LogP contribution in [0.4, 0.5) is 5.69 Å². The number of anilines is 1. The molecule has 1 atom stereocenters. The molecule has 0 aliphatic rings. The van der Waals surface area contributed by atoms with Crippen molar-refractivity contribution in [2.75, 3.05) is 5.73 Å². The third-order valence-electron chi connectivity index (χ3n) is 2.29. The highest BCUT2D eigenvalue weighted by molar-refractivity contribution is 7.84. The van der Waals surface area contributed by atoms with E-state index < -0.39 is 10.8 Å². The van der Waals surface area contributed by atoms with Crippen molar-refractivity contribution in [1.29, 1.82) is 0 Å². The summed E-state index contributed by atoms with van der Waals surface area (Å²) in [5.74, 6) is 0.868. The molecule has 1 unspecified atom stereocenters. The number of aromatic nitrogens is 3. The predicted molar refractivity (Wildman–Crippen MR) is 67.0 cm³/mol. The van der Waals surface area contributed by atoms with E-state index in [1.54, 1.807) is 29.9 Å². The van der Waals surface area contributed by atoms with Gasteiger partial charge in [-0.1, -0.05) is 17.7 Å². The molecule has 2 aromatic rings. The number of hydrogen-bond acceptors (Lipinski definition) is 4. The molecule has 0 spiro atoms. The van der Waals surface area contributed by atoms with Crippen molar-refractivity contribution >= 4 is 28.1 Å². The number of nitrogens with zero attached hydrogens (tertiary/aromatic N) is 3. The third-order valence-corrected chi connectivity index (χ3v) is 4.15. The van der Waals surface area contributed by atoms with Crippen LogP contribution in [0.5, 0.6) is 0 Å². The van der Waals surface area contributed by atoms with Crippen LogP contribution in [0.15, 0.2) is 29.4 Å². The van der Waals surface area contributed by atoms with E-state index in [1.165, 1.54) is 6.33 Å². The van der Waals surface area contributed by atoms with Crippen molar-refractivity contribution in [3.05, 3.63) is 35.4 Å². The number of benzene rings is 1. The second kappa shape index (κ2) is 4.85. The molecule has 17 heavy (non-hydrogen) atoms. The van der Waals surface area contributed by atoms with Crippen LogP contribution in [0.2, 0.25) is 5.02 Å². The Bertz CT molecular complexity index is 549. The lowest BCUT2D eigenvalue weighted by Gasteiger charge is -2.07. The van der Waals surface area contributed by atoms with Gasteiger partial charge in [0.15, 0.2) is 0 Å². The molecule has 0 saturated heterocycles. The van der Waals surface area contributed by atoms with Gasteiger partial charge in [-0.2, -0.15) is 5.10 Å². The van der Waals surface area contributed by atoms with Crippen LogP contribution >= 0.6 is 11.6 Å². The summed E-state index contributed by atoms with van der Waals surface area (Å²) in [5, 5.41) is 4.32. The Morgan fingerprint density at radius 1 is 1.53 bits per heavy atom. The van der Waals surface area contributed by atoms with Gasteiger partial charge in [-0.05, 0) is 12.1 Å². The van der Waals surface area contributed by atoms with Crippen molar-refractivity contribution in [3.63, 3.8) is 0 Å². The minimum Gasteiger partial charge on any atom is -0.398 e. The Kier molecular flexibility index (Phi) is 3.44. The number of hydrogen-bond donors (Lipinski definition) is 1. The summed E-state index contributed by atoms with van der Waals surface area (Å²) in [5.41, 5.74) is 6.20. The normalized spacial score (nSPS) is 12.6. The van der Waals surface area contributed by atoms with Crippen LogP contribution in [-0.4, -0.2) is 19.0 Å². The Hall–Kier alpha value is -1.40. The van der Waals surface area contributed by atoms with Gasteiger partial charge in [0.2, 0.25) is 0 Å². The van der Waals surface area contributed by atoms with Crippen LogP contribution in [0.3, 0.4) is 0 Å². The minimum atomic E-state index is -1.33. The average molecular weight is 271 g/mol. The smallest absolute Gasteiger partial charge is 0.139 e. The van der Waals surface area contributed by atoms with E-state index in [0.717, 1.165) is 0 Å². The van der Waals surface area contributed by atoms with Crippen LogP contribution in [0.1, 0.15) is 5.82 Å². The summed E-state index contributed by atoms with van der Waals surface area (Å²) in [6.45, 7) is 0. The summed E-state index contributed by atoms with van der Waals surface area (Å²) in [6.07, 6.45) is 1.42. The second-order valence-corrected chi connectivity index (χ2v) is 5.24. The Labute approximate surface area is 106 Å². The third kappa shape index (κ3) is 2.48. The van der Waals surface area contributed by atoms with Gasteiger partial charge in [0, 0.05) is 12.7 Å². The van der Waals surface area contributed by atoms with Crippen LogP contribution in [-0.2, 0) is 23.6 Å². The predicted octanol–water partition coefficient (Wildman–Crippen LogP) is 1.36. The average Bonchev–Trinajstić information content (AvgIpc) is 2.64. The van der Waals surface area contributed by atoms with Crippen molar-refractivity contribution in [3.8, 4) is 0 Å². The van der Waals surface area contributed by atoms with E-state index in [1.807, 2.05) is 0 Å². The largest absolute Gasteiger partial charge is 0.398 e. The van der Waals surface area contributed by atoms with Crippen molar-refractivity contribution < 1.29 is 4.21 Å². The zero-order valence-electron chi connectivity index (χ0n) is 9.13. The fraction of sp³-hybridized carbons (Fsp3) is 0.200. The molecule has 0 radical (unpaired) electrons. The molecular weight excluding hydrogens is 260 g/mol. The standard InChI is InChI=1S/C10H11ClN4OS/c1-15-9(13-6-14-15)5-17(16)10-7(11)3-2-4-8(10)12/h2-4,6H,5,12H2,1H3. The van der Waals surface area contributed by atoms with Crippen molar-refractivity contribution in [1.82, 2.24) is 14.8 Å². The monoisotopic (exact) mass is 270 g/mol. The molecule has 1 aromatic carbocycles. The quantitative estimate of drug-likeness (QED) is 0.855. The number of nitrogens with two attached hydrogens (primary N) is 1. The lowest BCUT2D eigenvalue weighted by molar-refractivity contribution is 0.675. The molecule has 1 aromatic heterocycles. The maximum absolute atomic E-state index is 12.2. The highest BCUT2D eigenvalue weighted by Crippen LogP contribution is 2.26. The van der Waals surface area contributed by atoms with Gasteiger partial charge in [-0.25, -0.2) is 4.98 Å². The van der Waals surface area contributed by atoms with Gasteiger partial charge >= 0.3 is 0 Å². The molecule has 90 valence electrons. The molecule has 1 heterocycles. The number of halogens is 1. The molecule has 7 heteroatoms. The molecular formula is C10H11ClN4OS. The fourth-order valence-electron chi connectivity index (χ4n) is 1.41. The van der Waals surface area contributed by atoms with Gasteiger partial charge < -0.3 is 5.73 Å². The maximum atomic E-state index is 12.2. The van der Waals surface area contributed by atoms with Gasteiger partial charge in [0.1, 0.15) is 12.2 Å². The Morgan fingerprint density at radius 2 is 2.29 bits per heavy atom. The highest BCUT2D eigenvalue weighted by Gasteiger charge is 2.15. The summed E-state index contributed by atoms with van der Waals surface area (Å²) < 4.78 is 13.7. The van der Waals surface area contributed by atoms with E-state index >= 15 is 0 Å². The topological polar surface area (TPSA) is 73.8 Å². The van der Waals surface area contributed by atoms with Crippen molar-refractivity contribution in [2.24, 2.45) is 7.05 Å². The molecule has 5 nitrogen and oxygen atoms in total. The summed E-state index contributed by atoms with van der Waals surface area (Å²) >= 11 is 5.99. The Morgan fingerprint density at radius 3 is 2.88 bits per heavy atom. The van der Waals surface area contributed by atoms with E-state index in [-0.39, 0.29) is 5.75 Å². The zero-order chi connectivity index (χ0) is 12.4. The number of nitrogen functional groups attached to an aromatic ring is 1. The molecule has 2 rings (SSSR count). The molecule has 0 fully saturated rings. The summed E-state index contributed by atoms with van der Waals surface area (Å²) in [7, 11) is 0.419. The van der Waals surface area contributed by atoms with E-state index in [9.17, 15) is 4.21 Å². The first-order chi connectivity index (χ1) is 8.09. The van der Waals surface area contributed by atoms with Crippen LogP contribution in [0, 0.1) is 0 Å². The minimum absolute atomic E-state index is 0.241. The number of aryl methyl sites for hydroxylation is 1. The van der Waals surface area contributed by atoms with Gasteiger partial charge in [-0.15, -0.1) is 0 Å². The maximum Gasteiger partial charge on any atom is 0.139 e. The van der Waals surface area contributed by atoms with Gasteiger partial charge in [0.25, 0.3) is 0 Å². The second-order valence-electron chi connectivity index (χ2n) is 3.45. The lowest BCUT2D eigenvalue weighted by atomic mass is 10.3. The molecule has 0 amide bonds. The summed E-state index contributed by atoms with van der Waals surface area (Å²) in [4.78, 5) is 4.47. The Balaban J connectivity index is 2.30. The van der Waals surface area contributed by atoms with Crippen molar-refractivity contribution in [2.45, 2.75) is 10.6 Å². The van der Waals surface area contributed by atoms with Crippen LogP contribution < -0.4 is 5.73 Å². The summed E-state index contributed by atoms with van der Waals surface area (Å²) in [6, 6.07) is 5.07. The highest BCUT2D eigenvalue weighted by atomic mass is 35.5. The van der Waals surface area contributed by atoms with E-state index in [4.69, 9.17) is 17.3 Å². The fourth-order valence-corrected chi connectivity index (χ4v) is 3.10. The molecule has 0 aliphatic heterocycles. The van der Waals surface area contributed by atoms with E-state index in [0.29, 0.717) is 21.4 Å². The first-order valence-corrected chi connectivity index (χ1v) is 6.54. The van der Waals surface area contributed by atoms with Gasteiger partial charge in [-0.3, -0.25) is 8.89 Å².